The van der Waals surface area contributed by atoms with E-state index < -0.39 is 0 Å². The first-order valence-corrected chi connectivity index (χ1v) is 6.41. The monoisotopic (exact) mass is 208 g/mol. The van der Waals surface area contributed by atoms with Crippen molar-refractivity contribution in [3.05, 3.63) is 40.8 Å². The molecule has 2 rings (SSSR count). The lowest BCUT2D eigenvalue weighted by atomic mass is 10.1. The summed E-state index contributed by atoms with van der Waals surface area (Å²) in [6.07, 6.45) is 0. The van der Waals surface area contributed by atoms with E-state index >= 15 is 0 Å². The van der Waals surface area contributed by atoms with Gasteiger partial charge in [0.1, 0.15) is 0 Å². The van der Waals surface area contributed by atoms with Crippen molar-refractivity contribution in [2.45, 2.75) is 6.92 Å². The van der Waals surface area contributed by atoms with Crippen molar-refractivity contribution >= 4 is 28.4 Å². The van der Waals surface area contributed by atoms with Crippen molar-refractivity contribution in [2.24, 2.45) is 0 Å². The van der Waals surface area contributed by atoms with Crippen molar-refractivity contribution in [1.29, 1.82) is 0 Å². The van der Waals surface area contributed by atoms with Crippen LogP contribution in [0.5, 0.6) is 0 Å². The molecular formula is C11H12S2. The van der Waals surface area contributed by atoms with Gasteiger partial charge in [0.25, 0.3) is 0 Å². The van der Waals surface area contributed by atoms with E-state index in [2.05, 4.69) is 36.6 Å². The highest BCUT2D eigenvalue weighted by atomic mass is 32.2. The van der Waals surface area contributed by atoms with Gasteiger partial charge in [0.2, 0.25) is 0 Å². The Morgan fingerprint density at radius 2 is 1.85 bits per heavy atom. The van der Waals surface area contributed by atoms with E-state index in [1.807, 2.05) is 23.5 Å². The summed E-state index contributed by atoms with van der Waals surface area (Å²) in [4.78, 5) is 1.43. The molecule has 1 aromatic carbocycles. The van der Waals surface area contributed by atoms with Crippen LogP contribution in [-0.4, -0.2) is 11.5 Å². The van der Waals surface area contributed by atoms with Crippen LogP contribution in [0.1, 0.15) is 11.1 Å². The molecule has 0 atom stereocenters. The van der Waals surface area contributed by atoms with Gasteiger partial charge in [-0.05, 0) is 17.9 Å². The normalized spacial score (nSPS) is 16.8. The zero-order valence-corrected chi connectivity index (χ0v) is 9.25. The van der Waals surface area contributed by atoms with Crippen LogP contribution < -0.4 is 0 Å². The number of rotatable bonds is 1. The molecule has 68 valence electrons. The Balaban J connectivity index is 2.24. The Bertz CT molecular complexity index is 311. The summed E-state index contributed by atoms with van der Waals surface area (Å²) in [6, 6.07) is 8.77. The topological polar surface area (TPSA) is 0 Å². The Morgan fingerprint density at radius 1 is 1.08 bits per heavy atom. The van der Waals surface area contributed by atoms with Crippen molar-refractivity contribution in [3.8, 4) is 0 Å². The van der Waals surface area contributed by atoms with E-state index in [9.17, 15) is 0 Å². The van der Waals surface area contributed by atoms with Crippen LogP contribution in [0, 0.1) is 6.92 Å². The van der Waals surface area contributed by atoms with Gasteiger partial charge in [-0.1, -0.05) is 29.8 Å². The standard InChI is InChI=1S/C11H12S2/c1-9-2-4-10(5-3-9)11-8-12-6-7-13-11/h2-5,8H,6-7H2,1H3. The molecule has 0 fully saturated rings. The van der Waals surface area contributed by atoms with Crippen LogP contribution in [-0.2, 0) is 0 Å². The Hall–Kier alpha value is -0.340. The lowest BCUT2D eigenvalue weighted by Crippen LogP contribution is -1.90. The summed E-state index contributed by atoms with van der Waals surface area (Å²) >= 11 is 3.88. The Labute approximate surface area is 87.8 Å². The molecule has 1 aliphatic heterocycles. The van der Waals surface area contributed by atoms with Crippen LogP contribution in [0.4, 0.5) is 0 Å². The molecule has 0 saturated heterocycles. The molecule has 0 spiro atoms. The fraction of sp³-hybridized carbons (Fsp3) is 0.273. The van der Waals surface area contributed by atoms with Crippen LogP contribution in [0.3, 0.4) is 0 Å². The third kappa shape index (κ3) is 2.32. The first kappa shape index (κ1) is 9.22. The number of thioether (sulfide) groups is 2. The van der Waals surface area contributed by atoms with Crippen molar-refractivity contribution in [3.63, 3.8) is 0 Å². The first-order chi connectivity index (χ1) is 6.36. The number of hydrogen-bond donors (Lipinski definition) is 0. The minimum absolute atomic E-state index is 1.24. The first-order valence-electron chi connectivity index (χ1n) is 4.38. The van der Waals surface area contributed by atoms with Gasteiger partial charge < -0.3 is 0 Å². The maximum atomic E-state index is 2.28. The lowest BCUT2D eigenvalue weighted by molar-refractivity contribution is 1.46. The molecule has 1 aliphatic rings. The van der Waals surface area contributed by atoms with Crippen LogP contribution in [0.2, 0.25) is 0 Å². The molecule has 1 heterocycles. The predicted molar refractivity (Wildman–Crippen MR) is 64.1 cm³/mol. The van der Waals surface area contributed by atoms with Crippen molar-refractivity contribution in [1.82, 2.24) is 0 Å². The second-order valence-corrected chi connectivity index (χ2v) is 5.18. The molecule has 0 unspecified atom stereocenters. The predicted octanol–water partition coefficient (Wildman–Crippen LogP) is 3.77. The second kappa shape index (κ2) is 4.25. The minimum Gasteiger partial charge on any atom is -0.132 e. The summed E-state index contributed by atoms with van der Waals surface area (Å²) < 4.78 is 0. The average molecular weight is 208 g/mol. The molecule has 0 radical (unpaired) electrons. The zero-order valence-electron chi connectivity index (χ0n) is 7.62. The van der Waals surface area contributed by atoms with Gasteiger partial charge in [-0.25, -0.2) is 0 Å². The van der Waals surface area contributed by atoms with Gasteiger partial charge in [-0.2, -0.15) is 0 Å². The van der Waals surface area contributed by atoms with E-state index in [1.165, 1.54) is 27.5 Å². The third-order valence-corrected chi connectivity index (χ3v) is 4.31. The number of benzene rings is 1. The third-order valence-electron chi connectivity index (χ3n) is 1.99. The molecule has 2 heteroatoms. The Morgan fingerprint density at radius 3 is 2.46 bits per heavy atom. The maximum Gasteiger partial charge on any atom is 0.0208 e. The van der Waals surface area contributed by atoms with E-state index in [0.29, 0.717) is 0 Å². The largest absolute Gasteiger partial charge is 0.132 e. The van der Waals surface area contributed by atoms with Gasteiger partial charge in [-0.15, -0.1) is 23.5 Å². The van der Waals surface area contributed by atoms with Crippen molar-refractivity contribution in [2.75, 3.05) is 11.5 Å². The van der Waals surface area contributed by atoms with Gasteiger partial charge in [-0.3, -0.25) is 0 Å². The number of aryl methyl sites for hydroxylation is 1. The highest BCUT2D eigenvalue weighted by molar-refractivity contribution is 8.13. The smallest absolute Gasteiger partial charge is 0.0208 e. The van der Waals surface area contributed by atoms with Crippen LogP contribution in [0.15, 0.2) is 29.7 Å². The van der Waals surface area contributed by atoms with Crippen LogP contribution >= 0.6 is 23.5 Å². The van der Waals surface area contributed by atoms with Crippen molar-refractivity contribution < 1.29 is 0 Å². The van der Waals surface area contributed by atoms with Crippen LogP contribution in [0.25, 0.3) is 4.91 Å². The summed E-state index contributed by atoms with van der Waals surface area (Å²) in [5, 5.41) is 2.28. The molecule has 0 bridgehead atoms. The fourth-order valence-electron chi connectivity index (χ4n) is 1.24. The molecule has 0 aliphatic carbocycles. The number of hydrogen-bond acceptors (Lipinski definition) is 2. The molecule has 0 saturated carbocycles. The minimum atomic E-state index is 1.24. The summed E-state index contributed by atoms with van der Waals surface area (Å²) in [6.45, 7) is 2.13. The zero-order chi connectivity index (χ0) is 9.10. The highest BCUT2D eigenvalue weighted by Gasteiger charge is 2.06. The van der Waals surface area contributed by atoms with E-state index in [0.717, 1.165) is 0 Å². The van der Waals surface area contributed by atoms with Gasteiger partial charge in [0, 0.05) is 16.4 Å². The molecule has 0 amide bonds. The summed E-state index contributed by atoms with van der Waals surface area (Å²) in [5.41, 5.74) is 2.70. The summed E-state index contributed by atoms with van der Waals surface area (Å²) in [5.74, 6) is 2.49. The molecule has 0 N–H and O–H groups in total. The Kier molecular flexibility index (Phi) is 3.01. The highest BCUT2D eigenvalue weighted by Crippen LogP contribution is 2.34. The van der Waals surface area contributed by atoms with Gasteiger partial charge in [0.15, 0.2) is 0 Å². The molecule has 0 aromatic heterocycles. The molecule has 1 aromatic rings. The van der Waals surface area contributed by atoms with E-state index in [-0.39, 0.29) is 0 Å². The fourth-order valence-corrected chi connectivity index (χ4v) is 3.36. The molecule has 13 heavy (non-hydrogen) atoms. The van der Waals surface area contributed by atoms with Gasteiger partial charge >= 0.3 is 0 Å². The van der Waals surface area contributed by atoms with E-state index in [1.54, 1.807) is 0 Å². The molecular weight excluding hydrogens is 196 g/mol. The molecule has 0 nitrogen and oxygen atoms in total. The summed E-state index contributed by atoms with van der Waals surface area (Å²) in [7, 11) is 0. The average Bonchev–Trinajstić information content (AvgIpc) is 2.20. The van der Waals surface area contributed by atoms with E-state index in [4.69, 9.17) is 0 Å². The SMILES string of the molecule is Cc1ccc(C2=CSCCS2)cc1. The maximum absolute atomic E-state index is 2.28. The van der Waals surface area contributed by atoms with Gasteiger partial charge in [0.05, 0.1) is 0 Å². The quantitative estimate of drug-likeness (QED) is 0.689. The lowest BCUT2D eigenvalue weighted by Gasteiger charge is -2.11. The second-order valence-electron chi connectivity index (χ2n) is 3.07.